The van der Waals surface area contributed by atoms with Crippen LogP contribution in [0.4, 0.5) is 0 Å². The first-order chi connectivity index (χ1) is 9.72. The number of hydrogen-bond acceptors (Lipinski definition) is 3. The summed E-state index contributed by atoms with van der Waals surface area (Å²) in [4.78, 5) is 12.4. The maximum atomic E-state index is 12.4. The van der Waals surface area contributed by atoms with E-state index in [1.54, 1.807) is 0 Å². The first-order valence-corrected chi connectivity index (χ1v) is 7.44. The van der Waals surface area contributed by atoms with Crippen molar-refractivity contribution in [3.63, 3.8) is 0 Å². The van der Waals surface area contributed by atoms with Gasteiger partial charge in [0, 0.05) is 5.56 Å². The van der Waals surface area contributed by atoms with Crippen molar-refractivity contribution in [2.75, 3.05) is 13.6 Å². The largest absolute Gasteiger partial charge is 0.391 e. The molecule has 0 saturated heterocycles. The van der Waals surface area contributed by atoms with Crippen molar-refractivity contribution in [1.29, 1.82) is 0 Å². The summed E-state index contributed by atoms with van der Waals surface area (Å²) in [7, 11) is 1.90. The second-order valence-electron chi connectivity index (χ2n) is 5.44. The maximum absolute atomic E-state index is 12.4. The van der Waals surface area contributed by atoms with Gasteiger partial charge in [0.2, 0.25) is 0 Å². The van der Waals surface area contributed by atoms with E-state index in [4.69, 9.17) is 0 Å². The molecule has 1 aromatic rings. The van der Waals surface area contributed by atoms with Gasteiger partial charge in [-0.2, -0.15) is 0 Å². The fourth-order valence-electron chi connectivity index (χ4n) is 2.75. The highest BCUT2D eigenvalue weighted by molar-refractivity contribution is 5.95. The maximum Gasteiger partial charge on any atom is 0.251 e. The number of rotatable bonds is 5. The van der Waals surface area contributed by atoms with Crippen LogP contribution in [0.15, 0.2) is 24.3 Å². The minimum atomic E-state index is -0.405. The first-order valence-electron chi connectivity index (χ1n) is 7.44. The van der Waals surface area contributed by atoms with Crippen LogP contribution in [0.2, 0.25) is 0 Å². The van der Waals surface area contributed by atoms with E-state index in [-0.39, 0.29) is 11.9 Å². The molecule has 110 valence electrons. The molecule has 4 heteroatoms. The number of amides is 1. The SMILES string of the molecule is CNCCc1ccccc1C(=O)NC1CCCCC1O. The Morgan fingerprint density at radius 2 is 2.05 bits per heavy atom. The van der Waals surface area contributed by atoms with Crippen LogP contribution < -0.4 is 10.6 Å². The van der Waals surface area contributed by atoms with Gasteiger partial charge in [-0.25, -0.2) is 0 Å². The molecule has 1 amide bonds. The van der Waals surface area contributed by atoms with Gasteiger partial charge in [-0.3, -0.25) is 4.79 Å². The summed E-state index contributed by atoms with van der Waals surface area (Å²) in [5, 5.41) is 16.0. The molecule has 0 aliphatic heterocycles. The minimum Gasteiger partial charge on any atom is -0.391 e. The van der Waals surface area contributed by atoms with Gasteiger partial charge in [0.25, 0.3) is 5.91 Å². The Morgan fingerprint density at radius 3 is 2.80 bits per heavy atom. The van der Waals surface area contributed by atoms with Crippen LogP contribution in [0.1, 0.15) is 41.6 Å². The van der Waals surface area contributed by atoms with Crippen LogP contribution in [-0.4, -0.2) is 36.8 Å². The lowest BCUT2D eigenvalue weighted by atomic mass is 9.92. The second-order valence-corrected chi connectivity index (χ2v) is 5.44. The van der Waals surface area contributed by atoms with Gasteiger partial charge in [0.05, 0.1) is 12.1 Å². The Balaban J connectivity index is 2.04. The molecule has 0 aromatic heterocycles. The standard InChI is InChI=1S/C16H24N2O2/c1-17-11-10-12-6-2-3-7-13(12)16(20)18-14-8-4-5-9-15(14)19/h2-3,6-7,14-15,17,19H,4-5,8-11H2,1H3,(H,18,20). The number of nitrogens with one attached hydrogen (secondary N) is 2. The lowest BCUT2D eigenvalue weighted by Crippen LogP contribution is -2.45. The average molecular weight is 276 g/mol. The van der Waals surface area contributed by atoms with Gasteiger partial charge < -0.3 is 15.7 Å². The highest BCUT2D eigenvalue weighted by atomic mass is 16.3. The lowest BCUT2D eigenvalue weighted by Gasteiger charge is -2.28. The van der Waals surface area contributed by atoms with Crippen LogP contribution in [-0.2, 0) is 6.42 Å². The Kier molecular flexibility index (Phi) is 5.56. The van der Waals surface area contributed by atoms with E-state index >= 15 is 0 Å². The molecule has 0 bridgehead atoms. The normalized spacial score (nSPS) is 22.5. The molecule has 2 atom stereocenters. The Labute approximate surface area is 120 Å². The second kappa shape index (κ2) is 7.41. The molecule has 0 radical (unpaired) electrons. The van der Waals surface area contributed by atoms with Crippen LogP contribution >= 0.6 is 0 Å². The van der Waals surface area contributed by atoms with Crippen molar-refractivity contribution in [1.82, 2.24) is 10.6 Å². The molecule has 4 nitrogen and oxygen atoms in total. The summed E-state index contributed by atoms with van der Waals surface area (Å²) in [6, 6.07) is 7.58. The minimum absolute atomic E-state index is 0.0670. The average Bonchev–Trinajstić information content (AvgIpc) is 2.47. The number of benzene rings is 1. The van der Waals surface area contributed by atoms with Gasteiger partial charge in [-0.15, -0.1) is 0 Å². The summed E-state index contributed by atoms with van der Waals surface area (Å²) in [5.41, 5.74) is 1.77. The van der Waals surface area contributed by atoms with E-state index in [1.807, 2.05) is 31.3 Å². The van der Waals surface area contributed by atoms with Crippen LogP contribution in [0.3, 0.4) is 0 Å². The smallest absolute Gasteiger partial charge is 0.251 e. The van der Waals surface area contributed by atoms with Crippen molar-refractivity contribution in [2.24, 2.45) is 0 Å². The number of carbonyl (C=O) groups is 1. The number of aliphatic hydroxyl groups excluding tert-OH is 1. The molecular weight excluding hydrogens is 252 g/mol. The van der Waals surface area contributed by atoms with Crippen molar-refractivity contribution in [3.05, 3.63) is 35.4 Å². The first kappa shape index (κ1) is 15.0. The number of carbonyl (C=O) groups excluding carboxylic acids is 1. The summed E-state index contributed by atoms with van der Waals surface area (Å²) in [6.45, 7) is 0.844. The molecular formula is C16H24N2O2. The number of hydrogen-bond donors (Lipinski definition) is 3. The molecule has 20 heavy (non-hydrogen) atoms. The number of aliphatic hydroxyl groups is 1. The van der Waals surface area contributed by atoms with Gasteiger partial charge in [-0.1, -0.05) is 31.0 Å². The molecule has 1 saturated carbocycles. The van der Waals surface area contributed by atoms with Crippen LogP contribution in [0.25, 0.3) is 0 Å². The highest BCUT2D eigenvalue weighted by Gasteiger charge is 2.25. The molecule has 2 rings (SSSR count). The highest BCUT2D eigenvalue weighted by Crippen LogP contribution is 2.19. The molecule has 0 heterocycles. The fraction of sp³-hybridized carbons (Fsp3) is 0.562. The van der Waals surface area contributed by atoms with Crippen LogP contribution in [0, 0.1) is 0 Å². The van der Waals surface area contributed by atoms with Crippen molar-refractivity contribution in [3.8, 4) is 0 Å². The van der Waals surface area contributed by atoms with Crippen LogP contribution in [0.5, 0.6) is 0 Å². The molecule has 1 aliphatic rings. The van der Waals surface area contributed by atoms with E-state index in [0.29, 0.717) is 0 Å². The zero-order valence-electron chi connectivity index (χ0n) is 12.1. The van der Waals surface area contributed by atoms with Crippen molar-refractivity contribution in [2.45, 2.75) is 44.2 Å². The molecule has 1 fully saturated rings. The molecule has 2 unspecified atom stereocenters. The molecule has 0 spiro atoms. The van der Waals surface area contributed by atoms with E-state index in [2.05, 4.69) is 10.6 Å². The third kappa shape index (κ3) is 3.81. The third-order valence-corrected chi connectivity index (χ3v) is 3.95. The van der Waals surface area contributed by atoms with E-state index in [0.717, 1.165) is 49.8 Å². The third-order valence-electron chi connectivity index (χ3n) is 3.95. The van der Waals surface area contributed by atoms with Crippen molar-refractivity contribution >= 4 is 5.91 Å². The summed E-state index contributed by atoms with van der Waals surface area (Å²) in [5.74, 6) is -0.0670. The Morgan fingerprint density at radius 1 is 1.30 bits per heavy atom. The molecule has 1 aromatic carbocycles. The van der Waals surface area contributed by atoms with Gasteiger partial charge in [-0.05, 0) is 44.5 Å². The Bertz CT molecular complexity index is 448. The van der Waals surface area contributed by atoms with E-state index in [9.17, 15) is 9.90 Å². The monoisotopic (exact) mass is 276 g/mol. The molecule has 3 N–H and O–H groups in total. The van der Waals surface area contributed by atoms with Crippen molar-refractivity contribution < 1.29 is 9.90 Å². The quantitative estimate of drug-likeness (QED) is 0.763. The van der Waals surface area contributed by atoms with Gasteiger partial charge in [0.15, 0.2) is 0 Å². The zero-order valence-corrected chi connectivity index (χ0v) is 12.1. The molecule has 1 aliphatic carbocycles. The summed E-state index contributed by atoms with van der Waals surface area (Å²) < 4.78 is 0. The number of likely N-dealkylation sites (N-methyl/N-ethyl adjacent to an activating group) is 1. The summed E-state index contributed by atoms with van der Waals surface area (Å²) >= 11 is 0. The zero-order chi connectivity index (χ0) is 14.4. The topological polar surface area (TPSA) is 61.4 Å². The van der Waals surface area contributed by atoms with Gasteiger partial charge >= 0.3 is 0 Å². The Hall–Kier alpha value is -1.39. The van der Waals surface area contributed by atoms with E-state index in [1.165, 1.54) is 0 Å². The predicted octanol–water partition coefficient (Wildman–Crippen LogP) is 1.48. The predicted molar refractivity (Wildman–Crippen MR) is 79.8 cm³/mol. The van der Waals surface area contributed by atoms with E-state index < -0.39 is 6.10 Å². The fourth-order valence-corrected chi connectivity index (χ4v) is 2.75. The lowest BCUT2D eigenvalue weighted by molar-refractivity contribution is 0.0716. The summed E-state index contributed by atoms with van der Waals surface area (Å²) in [6.07, 6.45) is 4.19. The van der Waals surface area contributed by atoms with Gasteiger partial charge in [0.1, 0.15) is 0 Å².